The second-order valence-electron chi connectivity index (χ2n) is 40.6. The van der Waals surface area contributed by atoms with Gasteiger partial charge >= 0.3 is 0 Å². The molecule has 0 unspecified atom stereocenters. The van der Waals surface area contributed by atoms with Crippen molar-refractivity contribution >= 4 is 157 Å². The Hall–Kier alpha value is -17.4. The summed E-state index contributed by atoms with van der Waals surface area (Å²) in [6.45, 7) is 8.20. The fourth-order valence-electron chi connectivity index (χ4n) is 21.8. The Kier molecular flexibility index (Phi) is 25.9. The third kappa shape index (κ3) is 19.6. The van der Waals surface area contributed by atoms with Crippen molar-refractivity contribution in [2.45, 2.75) is 167 Å². The summed E-state index contributed by atoms with van der Waals surface area (Å²) >= 11 is 0. The van der Waals surface area contributed by atoms with Gasteiger partial charge in [-0.3, -0.25) is 79.4 Å². The molecule has 0 atom stereocenters. The lowest BCUT2D eigenvalue weighted by atomic mass is 9.85. The van der Waals surface area contributed by atoms with E-state index in [0.29, 0.717) is 68.6 Å². The van der Waals surface area contributed by atoms with E-state index in [4.69, 9.17) is 19.9 Å². The lowest BCUT2D eigenvalue weighted by Crippen LogP contribution is -2.29. The maximum Gasteiger partial charge on any atom is 0.227 e. The molecule has 8 aliphatic rings. The standard InChI is InChI=1S/C29H31N9O.C28H29N9O.C27H27N9O.C26H25N9O/c39-29(18-7-3-1-4-8-18)33-21-11-19(13-30-15-21)20-12-22-25(36-37-27(22)32-14-20)28-34-23-16-31-17-24(26(23)35-28)38-9-5-2-6-10-38;38-28(17-6-2-3-7-17)32-20-10-18(12-29-14-20)19-11-21-24(35-36-26(21)31-13-19)27-33-22-15-30-16-23(25(22)34-27)37-8-4-1-5-9-37;37-27(16-5-4-6-16)31-19-9-17(11-28-13-19)18-10-20-23(34-35-25(20)30-12-18)26-32-21-14-29-15-22(24(21)33-26)36-7-2-1-3-8-36;36-26(15-4-5-15)30-18-8-16(10-27-12-18)17-9-19-22(33-34-24(19)29-11-17)25-31-20-13-28-14-21(23(20)32-25)35-6-2-1-3-7-35/h11-18H,1-10H2,(H,33,39)(H,34,35)(H,32,36,37);10-17H,1-9H2,(H,32,38)(H,33,34)(H,31,35,36);9-16H,1-8H2,(H,31,37)(H,32,33)(H,30,34,35);8-15H,1-7H2,(H,30,36)(H,31,32)(H,29,33,34). The van der Waals surface area contributed by atoms with Gasteiger partial charge in [0.05, 0.1) is 163 Å². The summed E-state index contributed by atoms with van der Waals surface area (Å²) in [6, 6.07) is 15.9. The van der Waals surface area contributed by atoms with Crippen LogP contribution in [0.25, 0.3) is 179 Å². The van der Waals surface area contributed by atoms with Crippen molar-refractivity contribution in [1.29, 1.82) is 0 Å². The lowest BCUT2D eigenvalue weighted by Gasteiger charge is -2.28. The Morgan fingerprint density at radius 2 is 0.453 bits per heavy atom. The molecule has 20 aromatic rings. The van der Waals surface area contributed by atoms with Crippen LogP contribution in [0.15, 0.2) is 172 Å². The van der Waals surface area contributed by atoms with E-state index in [2.05, 4.69) is 161 Å². The van der Waals surface area contributed by atoms with Crippen molar-refractivity contribution in [2.24, 2.45) is 23.7 Å². The first-order valence-electron chi connectivity index (χ1n) is 52.7. The van der Waals surface area contributed by atoms with Crippen LogP contribution in [0.3, 0.4) is 0 Å². The summed E-state index contributed by atoms with van der Waals surface area (Å²) in [5, 5.41) is 45.7. The van der Waals surface area contributed by atoms with Gasteiger partial charge in [-0.1, -0.05) is 38.5 Å². The number of hydrogen-bond donors (Lipinski definition) is 12. The van der Waals surface area contributed by atoms with Gasteiger partial charge in [0.15, 0.2) is 45.9 Å². The van der Waals surface area contributed by atoms with E-state index < -0.39 is 0 Å². The second kappa shape index (κ2) is 41.5. The number of nitrogens with zero attached hydrogens (tertiary/aromatic N) is 24. The first kappa shape index (κ1) is 93.7. The molecule has 40 heteroatoms. The van der Waals surface area contributed by atoms with Gasteiger partial charge in [0, 0.05) is 170 Å². The lowest BCUT2D eigenvalue weighted by molar-refractivity contribution is -0.122. The first-order chi connectivity index (χ1) is 73.9. The molecule has 4 saturated heterocycles. The average molecular weight is 2000 g/mol. The van der Waals surface area contributed by atoms with Gasteiger partial charge in [0.2, 0.25) is 23.6 Å². The minimum atomic E-state index is 0.0583. The van der Waals surface area contributed by atoms with Crippen LogP contribution in [0.5, 0.6) is 0 Å². The zero-order valence-electron chi connectivity index (χ0n) is 82.9. The summed E-state index contributed by atoms with van der Waals surface area (Å²) in [4.78, 5) is 147. The normalized spacial score (nSPS) is 16.4. The number of pyridine rings is 12. The summed E-state index contributed by atoms with van der Waals surface area (Å²) in [5.41, 5.74) is 26.8. The molecule has 0 spiro atoms. The van der Waals surface area contributed by atoms with Crippen molar-refractivity contribution in [3.8, 4) is 90.6 Å². The molecule has 4 saturated carbocycles. The number of aromatic nitrogens is 28. The number of anilines is 8. The van der Waals surface area contributed by atoms with E-state index in [-0.39, 0.29) is 47.3 Å². The van der Waals surface area contributed by atoms with Crippen molar-refractivity contribution in [2.75, 3.05) is 93.2 Å². The van der Waals surface area contributed by atoms with Gasteiger partial charge in [0.1, 0.15) is 44.8 Å². The third-order valence-corrected chi connectivity index (χ3v) is 30.4. The van der Waals surface area contributed by atoms with E-state index >= 15 is 0 Å². The van der Waals surface area contributed by atoms with Gasteiger partial charge in [-0.25, -0.2) is 39.9 Å². The van der Waals surface area contributed by atoms with Gasteiger partial charge < -0.3 is 60.8 Å². The summed E-state index contributed by atoms with van der Waals surface area (Å²) in [5.74, 6) is 3.51. The number of carbonyl (C=O) groups is 4. The Morgan fingerprint density at radius 1 is 0.233 bits per heavy atom. The molecule has 756 valence electrons. The van der Waals surface area contributed by atoms with Crippen molar-refractivity contribution in [1.82, 2.24) is 140 Å². The van der Waals surface area contributed by atoms with E-state index in [9.17, 15) is 19.2 Å². The number of hydrogen-bond acceptors (Lipinski definition) is 28. The number of rotatable bonds is 20. The molecule has 24 heterocycles. The molecule has 0 bridgehead atoms. The molecule has 28 rings (SSSR count). The minimum Gasteiger partial charge on any atom is -0.368 e. The van der Waals surface area contributed by atoms with E-state index in [1.54, 1.807) is 74.4 Å². The molecule has 0 aromatic carbocycles. The van der Waals surface area contributed by atoms with Crippen LogP contribution in [0.1, 0.15) is 167 Å². The zero-order chi connectivity index (χ0) is 100. The number of carbonyl (C=O) groups excluding carboxylic acids is 4. The molecule has 40 nitrogen and oxygen atoms in total. The Balaban J connectivity index is 0.000000104. The predicted octanol–water partition coefficient (Wildman–Crippen LogP) is 19.5. The quantitative estimate of drug-likeness (QED) is 0.0337. The highest BCUT2D eigenvalue weighted by Gasteiger charge is 2.33. The predicted molar refractivity (Wildman–Crippen MR) is 577 cm³/mol. The summed E-state index contributed by atoms with van der Waals surface area (Å²) < 4.78 is 0. The largest absolute Gasteiger partial charge is 0.368 e. The number of nitrogens with one attached hydrogen (secondary N) is 12. The van der Waals surface area contributed by atoms with Gasteiger partial charge in [0.25, 0.3) is 0 Å². The summed E-state index contributed by atoms with van der Waals surface area (Å²) in [7, 11) is 0. The highest BCUT2D eigenvalue weighted by atomic mass is 16.2. The monoisotopic (exact) mass is 2000 g/mol. The summed E-state index contributed by atoms with van der Waals surface area (Å²) in [6.07, 6.45) is 65.0. The molecule has 4 amide bonds. The molecule has 4 aliphatic heterocycles. The van der Waals surface area contributed by atoms with Gasteiger partial charge in [-0.15, -0.1) is 0 Å². The number of fused-ring (bicyclic) bond motifs is 8. The minimum absolute atomic E-state index is 0.0583. The molecule has 0 radical (unpaired) electrons. The Morgan fingerprint density at radius 3 is 0.693 bits per heavy atom. The van der Waals surface area contributed by atoms with Crippen LogP contribution >= 0.6 is 0 Å². The third-order valence-electron chi connectivity index (χ3n) is 30.4. The topological polar surface area (TPSA) is 513 Å². The number of aromatic amines is 8. The molecule has 150 heavy (non-hydrogen) atoms. The second-order valence-corrected chi connectivity index (χ2v) is 40.6. The Bertz CT molecular complexity index is 8410. The molecule has 4 aliphatic carbocycles. The smallest absolute Gasteiger partial charge is 0.227 e. The van der Waals surface area contributed by atoms with Crippen LogP contribution in [0.2, 0.25) is 0 Å². The van der Waals surface area contributed by atoms with Crippen molar-refractivity contribution < 1.29 is 19.2 Å². The van der Waals surface area contributed by atoms with E-state index in [1.165, 1.54) is 83.5 Å². The number of piperidine rings is 4. The van der Waals surface area contributed by atoms with Crippen LogP contribution in [-0.2, 0) is 19.2 Å². The zero-order valence-corrected chi connectivity index (χ0v) is 82.9. The maximum atomic E-state index is 12.8. The van der Waals surface area contributed by atoms with Crippen LogP contribution < -0.4 is 40.9 Å². The van der Waals surface area contributed by atoms with Crippen molar-refractivity contribution in [3.05, 3.63) is 172 Å². The van der Waals surface area contributed by atoms with E-state index in [0.717, 1.165) is 292 Å². The molecule has 20 aromatic heterocycles. The fourth-order valence-corrected chi connectivity index (χ4v) is 21.8. The molecular formula is C110H112N36O4. The average Bonchev–Trinajstić information content (AvgIpc) is 1.62. The molecule has 8 fully saturated rings. The van der Waals surface area contributed by atoms with Crippen LogP contribution in [0.4, 0.5) is 45.5 Å². The highest BCUT2D eigenvalue weighted by molar-refractivity contribution is 6.03. The maximum absolute atomic E-state index is 12.8. The highest BCUT2D eigenvalue weighted by Crippen LogP contribution is 2.42. The number of H-pyrrole nitrogens is 8. The SMILES string of the molecule is O=C(Nc1cncc(-c2cnc3n[nH]c(-c4nc5c(N6CCCCC6)cncc5[nH]4)c3c2)c1)C1CC1.O=C(Nc1cncc(-c2cnc3n[nH]c(-c4nc5c(N6CCCCC6)cncc5[nH]4)c3c2)c1)C1CCC1.O=C(Nc1cncc(-c2cnc3n[nH]c(-c4nc5c(N6CCCCC6)cncc5[nH]4)c3c2)c1)C1CCCC1.O=C(Nc1cncc(-c2cnc3n[nH]c(-c4nc5c(N6CCCCC6)cncc5[nH]4)c3c2)c1)C1CCCCC1. The van der Waals surface area contributed by atoms with Crippen LogP contribution in [0, 0.1) is 23.7 Å². The number of amides is 4. The number of imidazole rings is 4. The van der Waals surface area contributed by atoms with Crippen LogP contribution in [-0.4, -0.2) is 216 Å². The molecule has 12 N–H and O–H groups in total. The first-order valence-corrected chi connectivity index (χ1v) is 52.7. The van der Waals surface area contributed by atoms with Crippen molar-refractivity contribution in [3.63, 3.8) is 0 Å². The van der Waals surface area contributed by atoms with Gasteiger partial charge in [-0.05, 0) is 177 Å². The van der Waals surface area contributed by atoms with E-state index in [1.807, 2.05) is 98.1 Å². The van der Waals surface area contributed by atoms with Gasteiger partial charge in [-0.2, -0.15) is 20.4 Å². The fraction of sp³-hybridized carbons (Fsp3) is 0.345. The molecular weight excluding hydrogens is 1890 g/mol. The Labute approximate surface area is 859 Å².